The zero-order valence-electron chi connectivity index (χ0n) is 17.0. The van der Waals surface area contributed by atoms with Gasteiger partial charge in [-0.05, 0) is 42.5 Å². The highest BCUT2D eigenvalue weighted by atomic mass is 35.5. The first-order chi connectivity index (χ1) is 15.0. The molecule has 1 amide bonds. The maximum Gasteiger partial charge on any atom is 0.347 e. The van der Waals surface area contributed by atoms with Crippen molar-refractivity contribution in [3.63, 3.8) is 0 Å². The lowest BCUT2D eigenvalue weighted by Gasteiger charge is -2.23. The van der Waals surface area contributed by atoms with Gasteiger partial charge >= 0.3 is 5.97 Å². The summed E-state index contributed by atoms with van der Waals surface area (Å²) in [5, 5.41) is 11.0. The fourth-order valence-electron chi connectivity index (χ4n) is 3.96. The molecular weight excluding hydrogens is 432 g/mol. The van der Waals surface area contributed by atoms with Crippen molar-refractivity contribution in [1.82, 2.24) is 9.88 Å². The number of carboxylic acids is 1. The molecule has 160 valence electrons. The molecule has 0 bridgehead atoms. The predicted molar refractivity (Wildman–Crippen MR) is 122 cm³/mol. The number of carbonyl (C=O) groups excluding carboxylic acids is 1. The minimum absolute atomic E-state index is 0.0951. The lowest BCUT2D eigenvalue weighted by molar-refractivity contribution is -0.132. The number of hydrogen-bond acceptors (Lipinski definition) is 4. The largest absolute Gasteiger partial charge is 0.477 e. The number of benzene rings is 2. The van der Waals surface area contributed by atoms with E-state index < -0.39 is 5.97 Å². The molecule has 1 fully saturated rings. The van der Waals surface area contributed by atoms with Crippen LogP contribution in [-0.4, -0.2) is 33.4 Å². The third-order valence-corrected chi connectivity index (χ3v) is 6.96. The van der Waals surface area contributed by atoms with Crippen molar-refractivity contribution >= 4 is 34.8 Å². The Hall–Kier alpha value is -2.70. The van der Waals surface area contributed by atoms with E-state index in [4.69, 9.17) is 16.6 Å². The van der Waals surface area contributed by atoms with Crippen LogP contribution in [0.15, 0.2) is 54.6 Å². The molecule has 1 saturated heterocycles. The average Bonchev–Trinajstić information content (AvgIpc) is 3.41. The smallest absolute Gasteiger partial charge is 0.347 e. The fourth-order valence-corrected chi connectivity index (χ4v) is 5.15. The number of carbonyl (C=O) groups is 2. The quantitative estimate of drug-likeness (QED) is 0.520. The number of thiazole rings is 1. The van der Waals surface area contributed by atoms with Gasteiger partial charge in [0.2, 0.25) is 5.91 Å². The molecule has 2 aromatic carbocycles. The lowest BCUT2D eigenvalue weighted by Crippen LogP contribution is -2.30. The van der Waals surface area contributed by atoms with Gasteiger partial charge < -0.3 is 10.0 Å². The van der Waals surface area contributed by atoms with E-state index in [1.165, 1.54) is 11.3 Å². The number of hydrogen-bond donors (Lipinski definition) is 1. The second-order valence-corrected chi connectivity index (χ2v) is 9.13. The van der Waals surface area contributed by atoms with Crippen LogP contribution in [0.3, 0.4) is 0 Å². The van der Waals surface area contributed by atoms with Crippen molar-refractivity contribution in [3.05, 3.63) is 86.3 Å². The molecule has 7 heteroatoms. The number of halogens is 1. The summed E-state index contributed by atoms with van der Waals surface area (Å²) in [4.78, 5) is 31.6. The van der Waals surface area contributed by atoms with Crippen molar-refractivity contribution in [2.24, 2.45) is 0 Å². The minimum Gasteiger partial charge on any atom is -0.477 e. The SMILES string of the molecule is O=C(O)c1sc([C@@H]2CCCN2C(=O)CCc2ccccc2)nc1Cc1ccc(Cl)cc1. The second-order valence-electron chi connectivity index (χ2n) is 7.67. The Bertz CT molecular complexity index is 1070. The summed E-state index contributed by atoms with van der Waals surface area (Å²) >= 11 is 7.14. The molecule has 1 aliphatic heterocycles. The van der Waals surface area contributed by atoms with Gasteiger partial charge in [0.25, 0.3) is 0 Å². The summed E-state index contributed by atoms with van der Waals surface area (Å²) in [6, 6.07) is 17.1. The second kappa shape index (κ2) is 9.62. The van der Waals surface area contributed by atoms with E-state index in [0.29, 0.717) is 41.5 Å². The van der Waals surface area contributed by atoms with Gasteiger partial charge in [-0.15, -0.1) is 11.3 Å². The third-order valence-electron chi connectivity index (χ3n) is 5.52. The molecule has 31 heavy (non-hydrogen) atoms. The van der Waals surface area contributed by atoms with E-state index in [9.17, 15) is 14.7 Å². The van der Waals surface area contributed by atoms with Gasteiger partial charge in [0.1, 0.15) is 9.88 Å². The number of amides is 1. The number of carboxylic acid groups (broad SMARTS) is 1. The van der Waals surface area contributed by atoms with Crippen LogP contribution in [0.25, 0.3) is 0 Å². The molecule has 5 nitrogen and oxygen atoms in total. The first kappa shape index (κ1) is 21.5. The summed E-state index contributed by atoms with van der Waals surface area (Å²) < 4.78 is 0. The number of rotatable bonds is 7. The molecule has 1 N–H and O–H groups in total. The van der Waals surface area contributed by atoms with E-state index in [2.05, 4.69) is 0 Å². The molecule has 0 saturated carbocycles. The highest BCUT2D eigenvalue weighted by molar-refractivity contribution is 7.13. The van der Waals surface area contributed by atoms with Crippen LogP contribution < -0.4 is 0 Å². The molecule has 4 rings (SSSR count). The zero-order chi connectivity index (χ0) is 21.8. The van der Waals surface area contributed by atoms with E-state index in [1.807, 2.05) is 47.4 Å². The first-order valence-electron chi connectivity index (χ1n) is 10.3. The highest BCUT2D eigenvalue weighted by Gasteiger charge is 2.33. The molecule has 3 aromatic rings. The molecule has 0 unspecified atom stereocenters. The molecular formula is C24H23ClN2O3S. The van der Waals surface area contributed by atoms with Crippen molar-refractivity contribution in [2.45, 2.75) is 38.1 Å². The van der Waals surface area contributed by atoms with Gasteiger partial charge in [0.05, 0.1) is 11.7 Å². The van der Waals surface area contributed by atoms with Crippen molar-refractivity contribution < 1.29 is 14.7 Å². The highest BCUT2D eigenvalue weighted by Crippen LogP contribution is 2.36. The van der Waals surface area contributed by atoms with Gasteiger partial charge in [0, 0.05) is 24.4 Å². The zero-order valence-corrected chi connectivity index (χ0v) is 18.5. The lowest BCUT2D eigenvalue weighted by atomic mass is 10.1. The van der Waals surface area contributed by atoms with Gasteiger partial charge in [-0.25, -0.2) is 9.78 Å². The topological polar surface area (TPSA) is 70.5 Å². The number of aromatic carboxylic acids is 1. The number of aryl methyl sites for hydroxylation is 1. The van der Waals surface area contributed by atoms with Crippen LogP contribution >= 0.6 is 22.9 Å². The molecule has 0 aliphatic carbocycles. The van der Waals surface area contributed by atoms with Gasteiger partial charge in [-0.1, -0.05) is 54.1 Å². The Balaban J connectivity index is 1.51. The Kier molecular flexibility index (Phi) is 6.68. The van der Waals surface area contributed by atoms with E-state index in [1.54, 1.807) is 12.1 Å². The van der Waals surface area contributed by atoms with Gasteiger partial charge in [0.15, 0.2) is 0 Å². The molecule has 2 heterocycles. The van der Waals surface area contributed by atoms with Crippen LogP contribution in [0.1, 0.15) is 56.8 Å². The van der Waals surface area contributed by atoms with Gasteiger partial charge in [-0.2, -0.15) is 0 Å². The maximum atomic E-state index is 12.9. The minimum atomic E-state index is -0.979. The van der Waals surface area contributed by atoms with Crippen LogP contribution in [0.5, 0.6) is 0 Å². The Morgan fingerprint density at radius 1 is 1.10 bits per heavy atom. The Morgan fingerprint density at radius 2 is 1.84 bits per heavy atom. The summed E-state index contributed by atoms with van der Waals surface area (Å²) in [6.07, 6.45) is 3.27. The fraction of sp³-hybridized carbons (Fsp3) is 0.292. The van der Waals surface area contributed by atoms with Crippen LogP contribution in [0.4, 0.5) is 0 Å². The van der Waals surface area contributed by atoms with Crippen LogP contribution in [0, 0.1) is 0 Å². The average molecular weight is 455 g/mol. The summed E-state index contributed by atoms with van der Waals surface area (Å²) in [6.45, 7) is 0.687. The Morgan fingerprint density at radius 3 is 2.55 bits per heavy atom. The van der Waals surface area contributed by atoms with Crippen molar-refractivity contribution in [2.75, 3.05) is 6.54 Å². The van der Waals surface area contributed by atoms with E-state index in [-0.39, 0.29) is 16.8 Å². The predicted octanol–water partition coefficient (Wildman–Crippen LogP) is 5.38. The monoisotopic (exact) mass is 454 g/mol. The van der Waals surface area contributed by atoms with E-state index in [0.717, 1.165) is 24.0 Å². The summed E-state index contributed by atoms with van der Waals surface area (Å²) in [5.41, 5.74) is 2.63. The van der Waals surface area contributed by atoms with E-state index >= 15 is 0 Å². The van der Waals surface area contributed by atoms with Crippen molar-refractivity contribution in [1.29, 1.82) is 0 Å². The molecule has 1 aromatic heterocycles. The van der Waals surface area contributed by atoms with Crippen LogP contribution in [0.2, 0.25) is 5.02 Å². The molecule has 0 radical (unpaired) electrons. The number of nitrogens with zero attached hydrogens (tertiary/aromatic N) is 2. The summed E-state index contributed by atoms with van der Waals surface area (Å²) in [5.74, 6) is -0.884. The Labute approximate surface area is 190 Å². The van der Waals surface area contributed by atoms with Gasteiger partial charge in [-0.3, -0.25) is 4.79 Å². The number of aromatic nitrogens is 1. The first-order valence-corrected chi connectivity index (χ1v) is 11.5. The molecule has 1 aliphatic rings. The van der Waals surface area contributed by atoms with Crippen molar-refractivity contribution in [3.8, 4) is 0 Å². The third kappa shape index (κ3) is 5.14. The normalized spacial score (nSPS) is 15.9. The standard InChI is InChI=1S/C24H23ClN2O3S/c25-18-11-8-17(9-12-18)15-19-22(24(29)30)31-23(26-19)20-7-4-14-27(20)21(28)13-10-16-5-2-1-3-6-16/h1-3,5-6,8-9,11-12,20H,4,7,10,13-15H2,(H,29,30)/t20-/m0/s1. The van der Waals surface area contributed by atoms with Crippen LogP contribution in [-0.2, 0) is 17.6 Å². The molecule has 0 spiro atoms. The maximum absolute atomic E-state index is 12.9. The summed E-state index contributed by atoms with van der Waals surface area (Å²) in [7, 11) is 0. The number of likely N-dealkylation sites (tertiary alicyclic amines) is 1. The molecule has 1 atom stereocenters.